The summed E-state index contributed by atoms with van der Waals surface area (Å²) in [7, 11) is 0. The molecular formula is C14H15NO3. The summed E-state index contributed by atoms with van der Waals surface area (Å²) < 4.78 is 0. The lowest BCUT2D eigenvalue weighted by molar-refractivity contribution is -0.563. The van der Waals surface area contributed by atoms with Crippen LogP contribution in [0, 0.1) is 0 Å². The van der Waals surface area contributed by atoms with Crippen LogP contribution in [0.5, 0.6) is 0 Å². The molecule has 18 heavy (non-hydrogen) atoms. The van der Waals surface area contributed by atoms with Crippen LogP contribution in [0.25, 0.3) is 0 Å². The molecule has 1 amide bonds. The van der Waals surface area contributed by atoms with Crippen LogP contribution in [0.3, 0.4) is 0 Å². The van der Waals surface area contributed by atoms with Gasteiger partial charge < -0.3 is 0 Å². The van der Waals surface area contributed by atoms with Gasteiger partial charge in [0.15, 0.2) is 5.60 Å². The highest BCUT2D eigenvalue weighted by Gasteiger charge is 2.74. The van der Waals surface area contributed by atoms with Crippen molar-refractivity contribution < 1.29 is 14.6 Å². The molecule has 4 heteroatoms. The van der Waals surface area contributed by atoms with Gasteiger partial charge in [-0.05, 0) is 25.3 Å². The van der Waals surface area contributed by atoms with Crippen LogP contribution >= 0.6 is 0 Å². The molecule has 0 bridgehead atoms. The van der Waals surface area contributed by atoms with Crippen LogP contribution in [0.15, 0.2) is 24.3 Å². The van der Waals surface area contributed by atoms with Crippen molar-refractivity contribution >= 4 is 11.6 Å². The van der Waals surface area contributed by atoms with Crippen LogP contribution in [-0.2, 0) is 20.2 Å². The highest BCUT2D eigenvalue weighted by molar-refractivity contribution is 5.96. The molecule has 2 heterocycles. The fraction of sp³-hybridized carbons (Fsp3) is 0.500. The first-order chi connectivity index (χ1) is 8.71. The van der Waals surface area contributed by atoms with Crippen LogP contribution in [-0.4, -0.2) is 11.6 Å². The maximum Gasteiger partial charge on any atom is 0.226 e. The Balaban J connectivity index is 1.98. The molecule has 2 atom stereocenters. The number of hydrogen-bond donors (Lipinski definition) is 0. The van der Waals surface area contributed by atoms with Gasteiger partial charge in [-0.15, -0.1) is 0 Å². The fourth-order valence-corrected chi connectivity index (χ4v) is 3.81. The predicted octanol–water partition coefficient (Wildman–Crippen LogP) is 2.48. The number of para-hydroxylation sites is 1. The molecule has 0 N–H and O–H groups in total. The highest BCUT2D eigenvalue weighted by Crippen LogP contribution is 2.65. The quantitative estimate of drug-likeness (QED) is 0.659. The van der Waals surface area contributed by atoms with Crippen LogP contribution in [0.1, 0.15) is 38.2 Å². The third kappa shape index (κ3) is 0.907. The summed E-state index contributed by atoms with van der Waals surface area (Å²) in [6, 6.07) is 7.99. The second-order valence-corrected chi connectivity index (χ2v) is 5.36. The first-order valence-corrected chi connectivity index (χ1v) is 6.48. The summed E-state index contributed by atoms with van der Waals surface area (Å²) in [5, 5.41) is 0. The zero-order valence-electron chi connectivity index (χ0n) is 10.3. The smallest absolute Gasteiger partial charge is 0.226 e. The van der Waals surface area contributed by atoms with E-state index in [0.717, 1.165) is 36.9 Å². The minimum atomic E-state index is -0.583. The van der Waals surface area contributed by atoms with Gasteiger partial charge in [0, 0.05) is 18.9 Å². The maximum atomic E-state index is 12.0. The molecule has 1 aliphatic carbocycles. The molecular weight excluding hydrogens is 230 g/mol. The van der Waals surface area contributed by atoms with Crippen LogP contribution < -0.4 is 4.90 Å². The number of hydrogen-bond acceptors (Lipinski definition) is 3. The predicted molar refractivity (Wildman–Crippen MR) is 64.6 cm³/mol. The highest BCUT2D eigenvalue weighted by atomic mass is 17.3. The topological polar surface area (TPSA) is 38.8 Å². The van der Waals surface area contributed by atoms with Crippen molar-refractivity contribution in [1.29, 1.82) is 0 Å². The molecule has 1 saturated carbocycles. The third-order valence-corrected chi connectivity index (χ3v) is 4.50. The lowest BCUT2D eigenvalue weighted by atomic mass is 9.74. The molecule has 2 unspecified atom stereocenters. The summed E-state index contributed by atoms with van der Waals surface area (Å²) in [5.74, 6) is 0.0227. The average Bonchev–Trinajstić information content (AvgIpc) is 2.54. The van der Waals surface area contributed by atoms with Crippen molar-refractivity contribution in [2.24, 2.45) is 0 Å². The van der Waals surface area contributed by atoms with E-state index in [-0.39, 0.29) is 5.91 Å². The molecule has 4 nitrogen and oxygen atoms in total. The van der Waals surface area contributed by atoms with E-state index in [4.69, 9.17) is 9.78 Å². The Labute approximate surface area is 105 Å². The van der Waals surface area contributed by atoms with Gasteiger partial charge in [0.1, 0.15) is 0 Å². The van der Waals surface area contributed by atoms with Gasteiger partial charge in [-0.25, -0.2) is 9.78 Å². The van der Waals surface area contributed by atoms with Crippen LogP contribution in [0.2, 0.25) is 0 Å². The van der Waals surface area contributed by atoms with Crippen molar-refractivity contribution in [3.63, 3.8) is 0 Å². The molecule has 0 aromatic heterocycles. The van der Waals surface area contributed by atoms with Crippen LogP contribution in [0.4, 0.5) is 5.69 Å². The van der Waals surface area contributed by atoms with E-state index in [9.17, 15) is 4.79 Å². The minimum Gasteiger partial charge on any atom is -0.277 e. The molecule has 0 radical (unpaired) electrons. The van der Waals surface area contributed by atoms with Crippen molar-refractivity contribution in [2.75, 3.05) is 4.90 Å². The summed E-state index contributed by atoms with van der Waals surface area (Å²) in [4.78, 5) is 24.9. The first-order valence-electron chi connectivity index (χ1n) is 6.48. The standard InChI is InChI=1S/C14H15NO3/c1-10(16)15-12-7-3-2-6-11(12)13-8-4-5-9-14(13,15)18-17-13/h2-3,6-7H,4-5,8-9H2,1H3. The molecule has 0 spiro atoms. The van der Waals surface area contributed by atoms with E-state index in [0.29, 0.717) is 0 Å². The average molecular weight is 245 g/mol. The zero-order chi connectivity index (χ0) is 12.4. The fourth-order valence-electron chi connectivity index (χ4n) is 3.81. The lowest BCUT2D eigenvalue weighted by Crippen LogP contribution is -2.71. The first kappa shape index (κ1) is 10.5. The van der Waals surface area contributed by atoms with Crippen molar-refractivity contribution in [3.05, 3.63) is 29.8 Å². The zero-order valence-corrected chi connectivity index (χ0v) is 10.3. The van der Waals surface area contributed by atoms with E-state index in [1.807, 2.05) is 18.2 Å². The van der Waals surface area contributed by atoms with Gasteiger partial charge in [-0.1, -0.05) is 18.2 Å². The molecule has 2 aliphatic heterocycles. The number of rotatable bonds is 0. The second-order valence-electron chi connectivity index (χ2n) is 5.36. The minimum absolute atomic E-state index is 0.0227. The van der Waals surface area contributed by atoms with Gasteiger partial charge in [-0.2, -0.15) is 0 Å². The van der Waals surface area contributed by atoms with Crippen molar-refractivity contribution in [2.45, 2.75) is 43.9 Å². The van der Waals surface area contributed by atoms with E-state index in [1.54, 1.807) is 11.8 Å². The van der Waals surface area contributed by atoms with E-state index >= 15 is 0 Å². The maximum absolute atomic E-state index is 12.0. The lowest BCUT2D eigenvalue weighted by Gasteiger charge is -2.57. The molecule has 3 aliphatic rings. The number of nitrogens with zero attached hydrogens (tertiary/aromatic N) is 1. The molecule has 1 saturated heterocycles. The SMILES string of the molecule is CC(=O)N1c2ccccc2C23CCCCC12OO3. The number of anilines is 1. The Kier molecular flexibility index (Phi) is 1.83. The number of carbonyl (C=O) groups is 1. The summed E-state index contributed by atoms with van der Waals surface area (Å²) in [6.07, 6.45) is 3.96. The van der Waals surface area contributed by atoms with Gasteiger partial charge in [0.2, 0.25) is 11.6 Å². The Bertz CT molecular complexity index is 544. The summed E-state index contributed by atoms with van der Waals surface area (Å²) in [5.41, 5.74) is 1.05. The van der Waals surface area contributed by atoms with Crippen molar-refractivity contribution in [3.8, 4) is 0 Å². The molecule has 1 aromatic rings. The van der Waals surface area contributed by atoms with Gasteiger partial charge in [0.05, 0.1) is 5.69 Å². The Morgan fingerprint density at radius 1 is 1.22 bits per heavy atom. The molecule has 1 aromatic carbocycles. The number of fused-ring (bicyclic) bond motifs is 1. The van der Waals surface area contributed by atoms with E-state index in [2.05, 4.69) is 6.07 Å². The largest absolute Gasteiger partial charge is 0.277 e. The molecule has 2 fully saturated rings. The second kappa shape index (κ2) is 3.13. The normalized spacial score (nSPS) is 36.4. The Hall–Kier alpha value is -1.39. The number of carbonyl (C=O) groups excluding carboxylic acids is 1. The van der Waals surface area contributed by atoms with Crippen molar-refractivity contribution in [1.82, 2.24) is 0 Å². The molecule has 4 rings (SSSR count). The van der Waals surface area contributed by atoms with E-state index < -0.39 is 11.3 Å². The van der Waals surface area contributed by atoms with Gasteiger partial charge in [0.25, 0.3) is 0 Å². The monoisotopic (exact) mass is 245 g/mol. The van der Waals surface area contributed by atoms with Gasteiger partial charge in [-0.3, -0.25) is 9.69 Å². The van der Waals surface area contributed by atoms with E-state index in [1.165, 1.54) is 0 Å². The van der Waals surface area contributed by atoms with Gasteiger partial charge >= 0.3 is 0 Å². The Morgan fingerprint density at radius 2 is 2.00 bits per heavy atom. The third-order valence-electron chi connectivity index (χ3n) is 4.50. The molecule has 94 valence electrons. The Morgan fingerprint density at radius 3 is 2.72 bits per heavy atom. The summed E-state index contributed by atoms with van der Waals surface area (Å²) in [6.45, 7) is 1.60. The number of amides is 1. The number of benzene rings is 1. The summed E-state index contributed by atoms with van der Waals surface area (Å²) >= 11 is 0.